The maximum Gasteiger partial charge on any atom is 0.270 e. The third-order valence-corrected chi connectivity index (χ3v) is 8.33. The zero-order chi connectivity index (χ0) is 27.4. The summed E-state index contributed by atoms with van der Waals surface area (Å²) in [5, 5.41) is 9.89. The molecule has 0 spiro atoms. The Bertz CT molecular complexity index is 1370. The first kappa shape index (κ1) is 27.9. The highest BCUT2D eigenvalue weighted by Gasteiger charge is 2.33. The second-order valence-corrected chi connectivity index (χ2v) is 11.1. The SMILES string of the molecule is CCCCn1c(N2CCN(c3ccccc3F)CC2)c(/C=C2/SC(=S)N(CCC)C2=O)c(C)c(C#N)c1=O. The molecular formula is C28H32FN5O2S2. The number of nitrogens with zero attached hydrogens (tertiary/aromatic N) is 5. The van der Waals surface area contributed by atoms with Gasteiger partial charge in [-0.05, 0) is 43.5 Å². The van der Waals surface area contributed by atoms with Crippen molar-refractivity contribution in [3.63, 3.8) is 0 Å². The van der Waals surface area contributed by atoms with Crippen molar-refractivity contribution in [2.45, 2.75) is 46.6 Å². The molecular weight excluding hydrogens is 521 g/mol. The molecule has 2 aromatic rings. The van der Waals surface area contributed by atoms with E-state index in [2.05, 4.69) is 17.9 Å². The normalized spacial score (nSPS) is 17.0. The Labute approximate surface area is 232 Å². The van der Waals surface area contributed by atoms with Crippen LogP contribution in [0.2, 0.25) is 0 Å². The molecule has 1 aromatic carbocycles. The minimum absolute atomic E-state index is 0.0881. The second kappa shape index (κ2) is 12.1. The number of unbranched alkanes of at least 4 members (excludes halogenated alkanes) is 1. The number of hydrogen-bond donors (Lipinski definition) is 0. The lowest BCUT2D eigenvalue weighted by atomic mass is 10.0. The average molecular weight is 554 g/mol. The van der Waals surface area contributed by atoms with E-state index in [9.17, 15) is 19.2 Å². The van der Waals surface area contributed by atoms with Crippen molar-refractivity contribution in [2.24, 2.45) is 0 Å². The van der Waals surface area contributed by atoms with Gasteiger partial charge in [0, 0.05) is 44.8 Å². The van der Waals surface area contributed by atoms with Crippen LogP contribution < -0.4 is 15.4 Å². The molecule has 0 saturated carbocycles. The summed E-state index contributed by atoms with van der Waals surface area (Å²) in [5.41, 5.74) is 1.57. The lowest BCUT2D eigenvalue weighted by Gasteiger charge is -2.39. The van der Waals surface area contributed by atoms with E-state index in [1.54, 1.807) is 34.6 Å². The highest BCUT2D eigenvalue weighted by molar-refractivity contribution is 8.26. The molecule has 7 nitrogen and oxygen atoms in total. The molecule has 2 saturated heterocycles. The molecule has 1 amide bonds. The molecule has 0 unspecified atom stereocenters. The van der Waals surface area contributed by atoms with Gasteiger partial charge in [0.25, 0.3) is 11.5 Å². The number of pyridine rings is 1. The lowest BCUT2D eigenvalue weighted by Crippen LogP contribution is -2.49. The number of amides is 1. The molecule has 0 bridgehead atoms. The Morgan fingerprint density at radius 3 is 2.39 bits per heavy atom. The highest BCUT2D eigenvalue weighted by atomic mass is 32.2. The van der Waals surface area contributed by atoms with Crippen molar-refractivity contribution in [3.05, 3.63) is 62.0 Å². The zero-order valence-corrected chi connectivity index (χ0v) is 23.6. The van der Waals surface area contributed by atoms with Gasteiger partial charge in [-0.25, -0.2) is 4.39 Å². The fourth-order valence-corrected chi connectivity index (χ4v) is 6.21. The van der Waals surface area contributed by atoms with Gasteiger partial charge in [-0.3, -0.25) is 19.1 Å². The Morgan fingerprint density at radius 2 is 1.76 bits per heavy atom. The van der Waals surface area contributed by atoms with Crippen LogP contribution in [-0.2, 0) is 11.3 Å². The zero-order valence-electron chi connectivity index (χ0n) is 22.0. The smallest absolute Gasteiger partial charge is 0.270 e. The number of para-hydroxylation sites is 1. The number of benzene rings is 1. The molecule has 200 valence electrons. The van der Waals surface area contributed by atoms with Crippen LogP contribution in [0.25, 0.3) is 6.08 Å². The summed E-state index contributed by atoms with van der Waals surface area (Å²) in [4.78, 5) is 32.9. The molecule has 2 fully saturated rings. The summed E-state index contributed by atoms with van der Waals surface area (Å²) < 4.78 is 16.6. The van der Waals surface area contributed by atoms with E-state index in [-0.39, 0.29) is 22.8 Å². The number of carbonyl (C=O) groups is 1. The largest absolute Gasteiger partial charge is 0.366 e. The number of carbonyl (C=O) groups excluding carboxylic acids is 1. The number of anilines is 2. The maximum absolute atomic E-state index is 14.4. The van der Waals surface area contributed by atoms with Crippen LogP contribution in [0.15, 0.2) is 34.0 Å². The molecule has 2 aliphatic rings. The summed E-state index contributed by atoms with van der Waals surface area (Å²) in [7, 11) is 0. The van der Waals surface area contributed by atoms with Gasteiger partial charge in [-0.15, -0.1) is 0 Å². The Kier molecular flexibility index (Phi) is 8.90. The van der Waals surface area contributed by atoms with E-state index in [1.165, 1.54) is 17.8 Å². The number of hydrogen-bond acceptors (Lipinski definition) is 7. The highest BCUT2D eigenvalue weighted by Crippen LogP contribution is 2.36. The van der Waals surface area contributed by atoms with E-state index in [1.807, 2.05) is 17.9 Å². The number of piperazine rings is 1. The summed E-state index contributed by atoms with van der Waals surface area (Å²) in [6, 6.07) is 8.84. The van der Waals surface area contributed by atoms with Gasteiger partial charge in [0.05, 0.1) is 10.6 Å². The van der Waals surface area contributed by atoms with E-state index in [0.717, 1.165) is 19.3 Å². The number of thiocarbonyl (C=S) groups is 1. The van der Waals surface area contributed by atoms with Crippen molar-refractivity contribution >= 4 is 51.8 Å². The molecule has 2 aliphatic heterocycles. The first-order chi connectivity index (χ1) is 18.3. The van der Waals surface area contributed by atoms with Crippen molar-refractivity contribution in [3.8, 4) is 6.07 Å². The van der Waals surface area contributed by atoms with Crippen LogP contribution in [-0.4, -0.2) is 52.4 Å². The lowest BCUT2D eigenvalue weighted by molar-refractivity contribution is -0.122. The third kappa shape index (κ3) is 5.36. The third-order valence-electron chi connectivity index (χ3n) is 6.95. The van der Waals surface area contributed by atoms with E-state index >= 15 is 0 Å². The molecule has 1 aromatic heterocycles. The summed E-state index contributed by atoms with van der Waals surface area (Å²) in [6.45, 7) is 9.08. The van der Waals surface area contributed by atoms with Crippen LogP contribution in [0.4, 0.5) is 15.9 Å². The summed E-state index contributed by atoms with van der Waals surface area (Å²) >= 11 is 6.71. The van der Waals surface area contributed by atoms with Crippen molar-refractivity contribution in [1.29, 1.82) is 5.26 Å². The van der Waals surface area contributed by atoms with Crippen LogP contribution >= 0.6 is 24.0 Å². The average Bonchev–Trinajstić information content (AvgIpc) is 3.18. The van der Waals surface area contributed by atoms with Gasteiger partial charge in [0.1, 0.15) is 27.6 Å². The molecule has 4 rings (SSSR count). The second-order valence-electron chi connectivity index (χ2n) is 9.42. The molecule has 10 heteroatoms. The minimum atomic E-state index is -0.319. The molecule has 0 atom stereocenters. The van der Waals surface area contributed by atoms with Gasteiger partial charge in [-0.1, -0.05) is 56.4 Å². The van der Waals surface area contributed by atoms with E-state index in [4.69, 9.17) is 12.2 Å². The van der Waals surface area contributed by atoms with Crippen LogP contribution in [0, 0.1) is 24.1 Å². The first-order valence-electron chi connectivity index (χ1n) is 13.0. The first-order valence-corrected chi connectivity index (χ1v) is 14.2. The van der Waals surface area contributed by atoms with E-state index < -0.39 is 0 Å². The van der Waals surface area contributed by atoms with Gasteiger partial charge in [-0.2, -0.15) is 5.26 Å². The van der Waals surface area contributed by atoms with E-state index in [0.29, 0.717) is 71.1 Å². The maximum atomic E-state index is 14.4. The number of rotatable bonds is 8. The van der Waals surface area contributed by atoms with Gasteiger partial charge < -0.3 is 9.80 Å². The predicted molar refractivity (Wildman–Crippen MR) is 156 cm³/mol. The molecule has 0 radical (unpaired) electrons. The monoisotopic (exact) mass is 553 g/mol. The van der Waals surface area contributed by atoms with Gasteiger partial charge in [0.2, 0.25) is 0 Å². The Morgan fingerprint density at radius 1 is 1.08 bits per heavy atom. The van der Waals surface area contributed by atoms with Gasteiger partial charge >= 0.3 is 0 Å². The standard InChI is InChI=1S/C28H32FN5O2S2/c1-4-6-12-33-25(32-15-13-31(14-16-32)23-10-8-7-9-22(23)29)20(19(3)21(18-30)26(33)35)17-24-27(36)34(11-5-2)28(37)38-24/h7-10,17H,4-6,11-16H2,1-3H3/b24-17+. The fourth-order valence-electron chi connectivity index (χ4n) is 4.92. The molecule has 38 heavy (non-hydrogen) atoms. The molecule has 3 heterocycles. The fraction of sp³-hybridized carbons (Fsp3) is 0.429. The van der Waals surface area contributed by atoms with Crippen molar-refractivity contribution in [2.75, 3.05) is 42.5 Å². The van der Waals surface area contributed by atoms with Crippen LogP contribution in [0.1, 0.15) is 49.8 Å². The number of nitriles is 1. The Hall–Kier alpha value is -3.16. The van der Waals surface area contributed by atoms with Crippen molar-refractivity contribution in [1.82, 2.24) is 9.47 Å². The number of thioether (sulfide) groups is 1. The van der Waals surface area contributed by atoms with Crippen LogP contribution in [0.3, 0.4) is 0 Å². The minimum Gasteiger partial charge on any atom is -0.366 e. The summed E-state index contributed by atoms with van der Waals surface area (Å²) in [5.74, 6) is 0.292. The molecule has 0 aliphatic carbocycles. The molecule has 0 N–H and O–H groups in total. The van der Waals surface area contributed by atoms with Crippen LogP contribution in [0.5, 0.6) is 0 Å². The van der Waals surface area contributed by atoms with Crippen molar-refractivity contribution < 1.29 is 9.18 Å². The summed E-state index contributed by atoms with van der Waals surface area (Å²) in [6.07, 6.45) is 4.24. The van der Waals surface area contributed by atoms with Gasteiger partial charge in [0.15, 0.2) is 0 Å². The quantitative estimate of drug-likeness (QED) is 0.340. The topological polar surface area (TPSA) is 72.6 Å². The number of halogens is 1. The number of aromatic nitrogens is 1. The Balaban J connectivity index is 1.80. The predicted octanol–water partition coefficient (Wildman–Crippen LogP) is 4.91.